The molecule has 21 heavy (non-hydrogen) atoms. The minimum absolute atomic E-state index is 0.133. The average Bonchev–Trinajstić information content (AvgIpc) is 2.46. The van der Waals surface area contributed by atoms with E-state index in [9.17, 15) is 0 Å². The van der Waals surface area contributed by atoms with Crippen molar-refractivity contribution in [1.29, 1.82) is 0 Å². The maximum Gasteiger partial charge on any atom is 0.125 e. The second-order valence-electron chi connectivity index (χ2n) is 5.37. The van der Waals surface area contributed by atoms with Gasteiger partial charge in [0.15, 0.2) is 0 Å². The molecule has 0 aliphatic carbocycles. The molecule has 110 valence electrons. The summed E-state index contributed by atoms with van der Waals surface area (Å²) >= 11 is 0. The summed E-state index contributed by atoms with van der Waals surface area (Å²) in [4.78, 5) is 0. The molecule has 0 saturated carbocycles. The zero-order valence-electron chi connectivity index (χ0n) is 12.8. The lowest BCUT2D eigenvalue weighted by atomic mass is 10.0. The lowest BCUT2D eigenvalue weighted by molar-refractivity contribution is 0.356. The Hall–Kier alpha value is -2.06. The molecule has 0 aromatic heterocycles. The van der Waals surface area contributed by atoms with Crippen LogP contribution in [0.1, 0.15) is 23.6 Å². The monoisotopic (exact) mass is 281 g/mol. The van der Waals surface area contributed by atoms with Gasteiger partial charge in [0.25, 0.3) is 0 Å². The zero-order valence-corrected chi connectivity index (χ0v) is 12.8. The van der Waals surface area contributed by atoms with Gasteiger partial charge in [-0.05, 0) is 43.0 Å². The van der Waals surface area contributed by atoms with Crippen LogP contribution in [0, 0.1) is 6.92 Å². The number of rotatable bonds is 6. The Kier molecular flexibility index (Phi) is 5.59. The zero-order chi connectivity index (χ0) is 15.1. The van der Waals surface area contributed by atoms with E-state index in [1.807, 2.05) is 31.2 Å². The summed E-state index contributed by atoms with van der Waals surface area (Å²) in [5.41, 5.74) is 9.42. The van der Waals surface area contributed by atoms with E-state index in [0.717, 1.165) is 17.7 Å². The highest BCUT2D eigenvalue weighted by molar-refractivity contribution is 5.49. The first-order chi connectivity index (χ1) is 10.2. The van der Waals surface area contributed by atoms with Gasteiger partial charge in [-0.1, -0.05) is 54.6 Å². The highest BCUT2D eigenvalue weighted by Crippen LogP contribution is 2.24. The van der Waals surface area contributed by atoms with Gasteiger partial charge < -0.3 is 10.5 Å². The number of ether oxygens (including phenoxy) is 1. The standard InChI is InChI=1S/C19H23NO/c1-15-8-6-12-18(14-16(2)20)19(15)21-13-7-11-17-9-4-3-5-10-17/h3-12,16H,13-14,20H2,1-2H3/b11-7+. The lowest BCUT2D eigenvalue weighted by Crippen LogP contribution is -2.18. The van der Waals surface area contributed by atoms with Crippen LogP contribution >= 0.6 is 0 Å². The van der Waals surface area contributed by atoms with E-state index in [4.69, 9.17) is 10.5 Å². The molecule has 0 fully saturated rings. The van der Waals surface area contributed by atoms with E-state index in [0.29, 0.717) is 6.61 Å². The summed E-state index contributed by atoms with van der Waals surface area (Å²) in [5, 5.41) is 0. The Morgan fingerprint density at radius 1 is 1.10 bits per heavy atom. The Morgan fingerprint density at radius 2 is 1.86 bits per heavy atom. The molecule has 0 spiro atoms. The van der Waals surface area contributed by atoms with Crippen molar-refractivity contribution in [3.05, 3.63) is 71.3 Å². The van der Waals surface area contributed by atoms with Crippen molar-refractivity contribution in [2.75, 3.05) is 6.61 Å². The first-order valence-corrected chi connectivity index (χ1v) is 7.35. The van der Waals surface area contributed by atoms with Gasteiger partial charge in [0.1, 0.15) is 12.4 Å². The maximum absolute atomic E-state index is 5.95. The van der Waals surface area contributed by atoms with E-state index >= 15 is 0 Å². The molecule has 0 aliphatic heterocycles. The van der Waals surface area contributed by atoms with Gasteiger partial charge in [-0.25, -0.2) is 0 Å². The third-order valence-electron chi connectivity index (χ3n) is 3.27. The van der Waals surface area contributed by atoms with Gasteiger partial charge in [0.05, 0.1) is 0 Å². The van der Waals surface area contributed by atoms with Crippen LogP contribution in [0.25, 0.3) is 6.08 Å². The highest BCUT2D eigenvalue weighted by Gasteiger charge is 2.08. The molecule has 2 N–H and O–H groups in total. The third kappa shape index (κ3) is 4.76. The van der Waals surface area contributed by atoms with Crippen LogP contribution in [0.5, 0.6) is 5.75 Å². The number of para-hydroxylation sites is 1. The fourth-order valence-electron chi connectivity index (χ4n) is 2.31. The molecule has 2 heteroatoms. The molecule has 0 bridgehead atoms. The van der Waals surface area contributed by atoms with Gasteiger partial charge in [0, 0.05) is 6.04 Å². The predicted molar refractivity (Wildman–Crippen MR) is 89.5 cm³/mol. The molecular weight excluding hydrogens is 258 g/mol. The Morgan fingerprint density at radius 3 is 2.57 bits per heavy atom. The van der Waals surface area contributed by atoms with Crippen LogP contribution in [0.15, 0.2) is 54.6 Å². The Bertz CT molecular complexity index is 588. The van der Waals surface area contributed by atoms with Crippen LogP contribution in [-0.4, -0.2) is 12.6 Å². The van der Waals surface area contributed by atoms with Crippen molar-refractivity contribution < 1.29 is 4.74 Å². The topological polar surface area (TPSA) is 35.2 Å². The fraction of sp³-hybridized carbons (Fsp3) is 0.263. The lowest BCUT2D eigenvalue weighted by Gasteiger charge is -2.14. The molecule has 1 unspecified atom stereocenters. The van der Waals surface area contributed by atoms with Crippen LogP contribution < -0.4 is 10.5 Å². The highest BCUT2D eigenvalue weighted by atomic mass is 16.5. The largest absolute Gasteiger partial charge is 0.489 e. The van der Waals surface area contributed by atoms with E-state index < -0.39 is 0 Å². The van der Waals surface area contributed by atoms with Gasteiger partial charge in [-0.2, -0.15) is 0 Å². The summed E-state index contributed by atoms with van der Waals surface area (Å²) in [5.74, 6) is 0.965. The van der Waals surface area contributed by atoms with Crippen LogP contribution in [0.2, 0.25) is 0 Å². The molecule has 0 heterocycles. The molecule has 2 rings (SSSR count). The van der Waals surface area contributed by atoms with E-state index in [2.05, 4.69) is 43.3 Å². The second kappa shape index (κ2) is 7.65. The van der Waals surface area contributed by atoms with E-state index in [1.165, 1.54) is 11.1 Å². The van der Waals surface area contributed by atoms with Crippen LogP contribution in [0.4, 0.5) is 0 Å². The number of hydrogen-bond donors (Lipinski definition) is 1. The minimum atomic E-state index is 0.133. The smallest absolute Gasteiger partial charge is 0.125 e. The first kappa shape index (κ1) is 15.3. The maximum atomic E-state index is 5.95. The van der Waals surface area contributed by atoms with Crippen molar-refractivity contribution in [2.45, 2.75) is 26.3 Å². The van der Waals surface area contributed by atoms with Gasteiger partial charge in [-0.15, -0.1) is 0 Å². The number of aryl methyl sites for hydroxylation is 1. The molecule has 0 amide bonds. The normalized spacial score (nSPS) is 12.5. The number of hydrogen-bond acceptors (Lipinski definition) is 2. The van der Waals surface area contributed by atoms with Crippen molar-refractivity contribution in [2.24, 2.45) is 5.73 Å². The molecule has 0 radical (unpaired) electrons. The van der Waals surface area contributed by atoms with Crippen molar-refractivity contribution in [1.82, 2.24) is 0 Å². The predicted octanol–water partition coefficient (Wildman–Crippen LogP) is 3.98. The molecule has 0 aliphatic rings. The summed E-state index contributed by atoms with van der Waals surface area (Å²) in [6.45, 7) is 4.65. The van der Waals surface area contributed by atoms with Gasteiger partial charge in [-0.3, -0.25) is 0 Å². The van der Waals surface area contributed by atoms with Crippen LogP contribution in [-0.2, 0) is 6.42 Å². The SMILES string of the molecule is Cc1cccc(CC(C)N)c1OC/C=C/c1ccccc1. The van der Waals surface area contributed by atoms with E-state index in [1.54, 1.807) is 0 Å². The fourth-order valence-corrected chi connectivity index (χ4v) is 2.31. The van der Waals surface area contributed by atoms with Crippen molar-refractivity contribution in [3.8, 4) is 5.75 Å². The van der Waals surface area contributed by atoms with Gasteiger partial charge in [0.2, 0.25) is 0 Å². The quantitative estimate of drug-likeness (QED) is 0.869. The van der Waals surface area contributed by atoms with Crippen molar-refractivity contribution in [3.63, 3.8) is 0 Å². The number of nitrogens with two attached hydrogens (primary N) is 1. The summed E-state index contributed by atoms with van der Waals surface area (Å²) in [7, 11) is 0. The van der Waals surface area contributed by atoms with Gasteiger partial charge >= 0.3 is 0 Å². The minimum Gasteiger partial charge on any atom is -0.489 e. The second-order valence-corrected chi connectivity index (χ2v) is 5.37. The molecular formula is C19H23NO. The van der Waals surface area contributed by atoms with Crippen molar-refractivity contribution >= 4 is 6.08 Å². The summed E-state index contributed by atoms with van der Waals surface area (Å²) < 4.78 is 5.95. The Balaban J connectivity index is 2.01. The molecule has 2 aromatic rings. The average molecular weight is 281 g/mol. The first-order valence-electron chi connectivity index (χ1n) is 7.35. The molecule has 2 nitrogen and oxygen atoms in total. The van der Waals surface area contributed by atoms with E-state index in [-0.39, 0.29) is 6.04 Å². The molecule has 1 atom stereocenters. The summed E-state index contributed by atoms with van der Waals surface area (Å²) in [6, 6.07) is 16.6. The third-order valence-corrected chi connectivity index (χ3v) is 3.27. The number of benzene rings is 2. The summed E-state index contributed by atoms with van der Waals surface area (Å²) in [6.07, 6.45) is 4.94. The van der Waals surface area contributed by atoms with Crippen LogP contribution in [0.3, 0.4) is 0 Å². The Labute approximate surface area is 127 Å². The molecule has 2 aromatic carbocycles. The molecule has 0 saturated heterocycles.